The standard InChI is InChI=1S/C26H24N2O3/c1-16-9-12-24(18(3)13-16)28-25(29)21-14-19(31-4)10-11-20(21)22(26(28)30)15-27-23-8-6-5-7-17(23)2/h5-15,22H,1-4H3. The maximum absolute atomic E-state index is 13.6. The Morgan fingerprint density at radius 3 is 2.42 bits per heavy atom. The highest BCUT2D eigenvalue weighted by Gasteiger charge is 2.39. The first-order chi connectivity index (χ1) is 14.9. The van der Waals surface area contributed by atoms with Crippen molar-refractivity contribution in [1.82, 2.24) is 0 Å². The second kappa shape index (κ2) is 8.19. The number of ether oxygens (including phenoxy) is 1. The van der Waals surface area contributed by atoms with Gasteiger partial charge in [-0.2, -0.15) is 0 Å². The molecule has 1 heterocycles. The number of rotatable bonds is 4. The smallest absolute Gasteiger partial charge is 0.265 e. The minimum Gasteiger partial charge on any atom is -0.497 e. The summed E-state index contributed by atoms with van der Waals surface area (Å²) < 4.78 is 5.33. The molecule has 156 valence electrons. The fourth-order valence-electron chi connectivity index (χ4n) is 3.90. The highest BCUT2D eigenvalue weighted by molar-refractivity contribution is 6.29. The van der Waals surface area contributed by atoms with Crippen molar-refractivity contribution in [2.75, 3.05) is 12.0 Å². The van der Waals surface area contributed by atoms with Crippen LogP contribution < -0.4 is 9.64 Å². The van der Waals surface area contributed by atoms with E-state index in [1.165, 1.54) is 4.90 Å². The van der Waals surface area contributed by atoms with Crippen LogP contribution in [0.4, 0.5) is 11.4 Å². The Morgan fingerprint density at radius 1 is 0.935 bits per heavy atom. The first-order valence-electron chi connectivity index (χ1n) is 10.1. The minimum absolute atomic E-state index is 0.313. The summed E-state index contributed by atoms with van der Waals surface area (Å²) in [4.78, 5) is 32.9. The van der Waals surface area contributed by atoms with E-state index < -0.39 is 5.92 Å². The van der Waals surface area contributed by atoms with Gasteiger partial charge in [-0.15, -0.1) is 0 Å². The van der Waals surface area contributed by atoms with Crippen LogP contribution in [0.1, 0.15) is 38.5 Å². The van der Waals surface area contributed by atoms with Crippen LogP contribution in [-0.2, 0) is 4.79 Å². The Hall–Kier alpha value is -3.73. The lowest BCUT2D eigenvalue weighted by molar-refractivity contribution is -0.118. The van der Waals surface area contributed by atoms with Gasteiger partial charge in [0, 0.05) is 11.8 Å². The van der Waals surface area contributed by atoms with Gasteiger partial charge in [0.1, 0.15) is 11.7 Å². The number of aryl methyl sites for hydroxylation is 3. The average molecular weight is 412 g/mol. The summed E-state index contributed by atoms with van der Waals surface area (Å²) in [5.74, 6) is -0.783. The summed E-state index contributed by atoms with van der Waals surface area (Å²) >= 11 is 0. The predicted molar refractivity (Wildman–Crippen MR) is 123 cm³/mol. The number of amides is 2. The average Bonchev–Trinajstić information content (AvgIpc) is 2.76. The second-order valence-corrected chi connectivity index (χ2v) is 7.76. The van der Waals surface area contributed by atoms with E-state index in [1.807, 2.05) is 63.2 Å². The van der Waals surface area contributed by atoms with Gasteiger partial charge >= 0.3 is 0 Å². The molecule has 0 N–H and O–H groups in total. The van der Waals surface area contributed by atoms with Crippen LogP contribution in [0, 0.1) is 20.8 Å². The molecule has 4 rings (SSSR count). The molecule has 3 aromatic rings. The molecule has 0 spiro atoms. The summed E-state index contributed by atoms with van der Waals surface area (Å²) in [7, 11) is 1.55. The van der Waals surface area contributed by atoms with Crippen LogP contribution in [0.3, 0.4) is 0 Å². The molecule has 2 amide bonds. The topological polar surface area (TPSA) is 59.0 Å². The van der Waals surface area contributed by atoms with Crippen molar-refractivity contribution in [3.63, 3.8) is 0 Å². The van der Waals surface area contributed by atoms with E-state index in [-0.39, 0.29) is 11.8 Å². The number of hydrogen-bond acceptors (Lipinski definition) is 4. The molecule has 1 aliphatic rings. The number of nitrogens with zero attached hydrogens (tertiary/aromatic N) is 2. The zero-order chi connectivity index (χ0) is 22.1. The Morgan fingerprint density at radius 2 is 1.71 bits per heavy atom. The molecule has 5 heteroatoms. The number of imide groups is 1. The Bertz CT molecular complexity index is 1210. The van der Waals surface area contributed by atoms with Crippen molar-refractivity contribution in [1.29, 1.82) is 0 Å². The summed E-state index contributed by atoms with van der Waals surface area (Å²) in [6.45, 7) is 5.86. The monoisotopic (exact) mass is 412 g/mol. The minimum atomic E-state index is -0.682. The lowest BCUT2D eigenvalue weighted by Gasteiger charge is -2.32. The number of anilines is 1. The molecule has 0 saturated heterocycles. The summed E-state index contributed by atoms with van der Waals surface area (Å²) in [5.41, 5.74) is 5.40. The molecule has 0 aliphatic carbocycles. The maximum atomic E-state index is 13.6. The molecular formula is C26H24N2O3. The largest absolute Gasteiger partial charge is 0.497 e. The van der Waals surface area contributed by atoms with Gasteiger partial charge in [-0.25, -0.2) is 4.90 Å². The summed E-state index contributed by atoms with van der Waals surface area (Å²) in [6, 6.07) is 18.7. The molecule has 1 aliphatic heterocycles. The molecule has 0 aromatic heterocycles. The van der Waals surface area contributed by atoms with Crippen molar-refractivity contribution in [3.8, 4) is 5.75 Å². The first-order valence-corrected chi connectivity index (χ1v) is 10.1. The molecule has 0 radical (unpaired) electrons. The van der Waals surface area contributed by atoms with Gasteiger partial charge in [-0.1, -0.05) is 42.0 Å². The van der Waals surface area contributed by atoms with Gasteiger partial charge in [0.2, 0.25) is 5.91 Å². The van der Waals surface area contributed by atoms with E-state index in [0.29, 0.717) is 22.6 Å². The molecule has 5 nitrogen and oxygen atoms in total. The molecular weight excluding hydrogens is 388 g/mol. The molecule has 0 bridgehead atoms. The molecule has 1 atom stereocenters. The molecule has 3 aromatic carbocycles. The summed E-state index contributed by atoms with van der Waals surface area (Å²) in [6.07, 6.45) is 1.64. The predicted octanol–water partition coefficient (Wildman–Crippen LogP) is 5.29. The van der Waals surface area contributed by atoms with Crippen LogP contribution in [0.5, 0.6) is 5.75 Å². The van der Waals surface area contributed by atoms with Crippen LogP contribution >= 0.6 is 0 Å². The van der Waals surface area contributed by atoms with Gasteiger partial charge < -0.3 is 4.74 Å². The SMILES string of the molecule is COc1ccc2c(c1)C(=O)N(c1ccc(C)cc1C)C(=O)C2C=Nc1ccccc1C. The Balaban J connectivity index is 1.85. The van der Waals surface area contributed by atoms with E-state index in [2.05, 4.69) is 4.99 Å². The number of para-hydroxylation sites is 1. The lowest BCUT2D eigenvalue weighted by atomic mass is 9.88. The van der Waals surface area contributed by atoms with E-state index >= 15 is 0 Å². The van der Waals surface area contributed by atoms with E-state index in [4.69, 9.17) is 4.74 Å². The number of aliphatic imine (C=N–C) groups is 1. The van der Waals surface area contributed by atoms with Crippen molar-refractivity contribution < 1.29 is 14.3 Å². The van der Waals surface area contributed by atoms with Gasteiger partial charge in [0.15, 0.2) is 0 Å². The number of methoxy groups -OCH3 is 1. The second-order valence-electron chi connectivity index (χ2n) is 7.76. The van der Waals surface area contributed by atoms with Crippen molar-refractivity contribution >= 4 is 29.4 Å². The van der Waals surface area contributed by atoms with E-state index in [0.717, 1.165) is 22.4 Å². The highest BCUT2D eigenvalue weighted by Crippen LogP contribution is 2.35. The van der Waals surface area contributed by atoms with Crippen LogP contribution in [0.2, 0.25) is 0 Å². The third-order valence-electron chi connectivity index (χ3n) is 5.59. The van der Waals surface area contributed by atoms with Crippen molar-refractivity contribution in [2.24, 2.45) is 4.99 Å². The first kappa shape index (κ1) is 20.5. The zero-order valence-corrected chi connectivity index (χ0v) is 18.0. The quantitative estimate of drug-likeness (QED) is 0.432. The lowest BCUT2D eigenvalue weighted by Crippen LogP contribution is -2.45. The zero-order valence-electron chi connectivity index (χ0n) is 18.0. The number of hydrogen-bond donors (Lipinski definition) is 0. The highest BCUT2D eigenvalue weighted by atomic mass is 16.5. The van der Waals surface area contributed by atoms with Gasteiger partial charge in [-0.3, -0.25) is 14.6 Å². The van der Waals surface area contributed by atoms with Crippen molar-refractivity contribution in [3.05, 3.63) is 88.5 Å². The number of fused-ring (bicyclic) bond motifs is 1. The van der Waals surface area contributed by atoms with Gasteiger partial charge in [0.05, 0.1) is 18.5 Å². The third kappa shape index (κ3) is 3.75. The van der Waals surface area contributed by atoms with Crippen LogP contribution in [0.15, 0.2) is 65.7 Å². The molecule has 31 heavy (non-hydrogen) atoms. The van der Waals surface area contributed by atoms with Gasteiger partial charge in [-0.05, 0) is 61.7 Å². The third-order valence-corrected chi connectivity index (χ3v) is 5.59. The summed E-state index contributed by atoms with van der Waals surface area (Å²) in [5, 5.41) is 0. The van der Waals surface area contributed by atoms with Crippen LogP contribution in [-0.4, -0.2) is 25.1 Å². The van der Waals surface area contributed by atoms with E-state index in [1.54, 1.807) is 31.5 Å². The maximum Gasteiger partial charge on any atom is 0.265 e. The Kier molecular flexibility index (Phi) is 5.42. The normalized spacial score (nSPS) is 16.0. The Labute approximate surface area is 182 Å². The van der Waals surface area contributed by atoms with Crippen molar-refractivity contribution in [2.45, 2.75) is 26.7 Å². The van der Waals surface area contributed by atoms with Crippen LogP contribution in [0.25, 0.3) is 0 Å². The van der Waals surface area contributed by atoms with Gasteiger partial charge in [0.25, 0.3) is 5.91 Å². The molecule has 0 saturated carbocycles. The van der Waals surface area contributed by atoms with E-state index in [9.17, 15) is 9.59 Å². The molecule has 1 unspecified atom stereocenters. The molecule has 0 fully saturated rings. The fourth-order valence-corrected chi connectivity index (χ4v) is 3.90. The number of carbonyl (C=O) groups is 2. The fraction of sp³-hybridized carbons (Fsp3) is 0.192. The number of benzene rings is 3. The number of carbonyl (C=O) groups excluding carboxylic acids is 2.